The number of carbonyl (C=O) groups is 5. The van der Waals surface area contributed by atoms with Gasteiger partial charge in [0.05, 0.1) is 36.5 Å². The zero-order valence-corrected chi connectivity index (χ0v) is 29.6. The van der Waals surface area contributed by atoms with E-state index in [0.717, 1.165) is 37.5 Å². The zero-order chi connectivity index (χ0) is 35.6. The second-order valence-corrected chi connectivity index (χ2v) is 14.8. The quantitative estimate of drug-likeness (QED) is 0.0672. The predicted octanol–water partition coefficient (Wildman–Crippen LogP) is 8.34. The first kappa shape index (κ1) is 37.3. The highest BCUT2D eigenvalue weighted by molar-refractivity contribution is 6.02. The van der Waals surface area contributed by atoms with Crippen molar-refractivity contribution in [2.75, 3.05) is 13.2 Å². The Kier molecular flexibility index (Phi) is 13.2. The minimum Gasteiger partial charge on any atom is -0.465 e. The summed E-state index contributed by atoms with van der Waals surface area (Å²) in [6, 6.07) is 8.67. The number of benzene rings is 2. The van der Waals surface area contributed by atoms with E-state index in [2.05, 4.69) is 13.5 Å². The van der Waals surface area contributed by atoms with E-state index in [1.54, 1.807) is 25.1 Å². The van der Waals surface area contributed by atoms with Crippen LogP contribution in [0, 0.1) is 35.5 Å². The van der Waals surface area contributed by atoms with Crippen LogP contribution in [0.2, 0.25) is 0 Å². The lowest BCUT2D eigenvalue weighted by Crippen LogP contribution is -2.30. The van der Waals surface area contributed by atoms with Crippen LogP contribution in [0.1, 0.15) is 114 Å². The maximum absolute atomic E-state index is 13.4. The second-order valence-electron chi connectivity index (χ2n) is 14.8. The van der Waals surface area contributed by atoms with E-state index in [4.69, 9.17) is 18.9 Å². The summed E-state index contributed by atoms with van der Waals surface area (Å²) in [5.41, 5.74) is 0.484. The minimum atomic E-state index is -0.455. The van der Waals surface area contributed by atoms with Crippen LogP contribution in [0.25, 0.3) is 10.8 Å². The molecule has 0 amide bonds. The van der Waals surface area contributed by atoms with Gasteiger partial charge in [0, 0.05) is 16.3 Å². The number of hydrogen-bond donors (Lipinski definition) is 0. The molecule has 0 aliphatic heterocycles. The molecular formula is C41H52O9. The Morgan fingerprint density at radius 3 is 1.78 bits per heavy atom. The Hall–Kier alpha value is -4.01. The molecule has 270 valence electrons. The fraction of sp³-hybridized carbons (Fsp3) is 0.585. The van der Waals surface area contributed by atoms with E-state index in [1.807, 2.05) is 6.07 Å². The molecule has 50 heavy (non-hydrogen) atoms. The van der Waals surface area contributed by atoms with Crippen LogP contribution < -0.4 is 9.47 Å². The van der Waals surface area contributed by atoms with Gasteiger partial charge in [-0.3, -0.25) is 19.2 Å². The first-order valence-corrected chi connectivity index (χ1v) is 18.6. The summed E-state index contributed by atoms with van der Waals surface area (Å²) in [6.45, 7) is 7.94. The van der Waals surface area contributed by atoms with E-state index in [1.165, 1.54) is 31.7 Å². The number of carbonyl (C=O) groups excluding carboxylic acids is 5. The van der Waals surface area contributed by atoms with Crippen LogP contribution in [0.4, 0.5) is 0 Å². The van der Waals surface area contributed by atoms with Crippen LogP contribution in [0.3, 0.4) is 0 Å². The molecule has 3 saturated carbocycles. The average molecular weight is 689 g/mol. The van der Waals surface area contributed by atoms with Crippen molar-refractivity contribution in [1.29, 1.82) is 0 Å². The van der Waals surface area contributed by atoms with Crippen molar-refractivity contribution >= 4 is 40.9 Å². The van der Waals surface area contributed by atoms with Gasteiger partial charge in [0.2, 0.25) is 0 Å². The van der Waals surface area contributed by atoms with E-state index in [0.29, 0.717) is 72.8 Å². The second kappa shape index (κ2) is 17.8. The molecule has 0 N–H and O–H groups in total. The molecule has 0 atom stereocenters. The third kappa shape index (κ3) is 9.61. The summed E-state index contributed by atoms with van der Waals surface area (Å²) in [7, 11) is 0. The number of esters is 4. The van der Waals surface area contributed by atoms with Gasteiger partial charge in [0.1, 0.15) is 11.5 Å². The standard InChI is InChI=1S/C41H52O9/c1-26(2)38(43)47-22-6-7-23-48-39(44)30-18-20-32(21-19-30)41(46)50-37-33(25-42)24-36(34-8-4-5-9-35(34)37)49-40(45)31-16-14-29(15-17-31)28-12-10-27(3)11-13-28/h4-5,8-9,24-25,27-32H,1,6-7,10-23H2,2-3H3. The highest BCUT2D eigenvalue weighted by Gasteiger charge is 2.35. The summed E-state index contributed by atoms with van der Waals surface area (Å²) in [5.74, 6) is 0.391. The highest BCUT2D eigenvalue weighted by atomic mass is 16.5. The summed E-state index contributed by atoms with van der Waals surface area (Å²) >= 11 is 0. The van der Waals surface area contributed by atoms with Crippen LogP contribution in [0.5, 0.6) is 11.5 Å². The molecule has 3 aliphatic carbocycles. The summed E-state index contributed by atoms with van der Waals surface area (Å²) in [6.07, 6.45) is 12.6. The number of ether oxygens (including phenoxy) is 4. The van der Waals surface area contributed by atoms with Gasteiger partial charge in [-0.1, -0.05) is 50.6 Å². The lowest BCUT2D eigenvalue weighted by molar-refractivity contribution is -0.152. The van der Waals surface area contributed by atoms with E-state index in [9.17, 15) is 24.0 Å². The van der Waals surface area contributed by atoms with Crippen molar-refractivity contribution in [2.45, 2.75) is 104 Å². The molecule has 0 radical (unpaired) electrons. The van der Waals surface area contributed by atoms with Crippen molar-refractivity contribution in [3.63, 3.8) is 0 Å². The molecule has 9 nitrogen and oxygen atoms in total. The molecule has 0 saturated heterocycles. The van der Waals surface area contributed by atoms with Gasteiger partial charge in [-0.25, -0.2) is 4.79 Å². The lowest BCUT2D eigenvalue weighted by Gasteiger charge is -2.36. The van der Waals surface area contributed by atoms with E-state index < -0.39 is 17.9 Å². The first-order valence-electron chi connectivity index (χ1n) is 18.6. The Morgan fingerprint density at radius 1 is 0.700 bits per heavy atom. The van der Waals surface area contributed by atoms with Crippen LogP contribution in [-0.4, -0.2) is 43.4 Å². The fourth-order valence-electron chi connectivity index (χ4n) is 7.93. The van der Waals surface area contributed by atoms with Gasteiger partial charge in [-0.05, 0) is 108 Å². The Labute approximate surface area is 295 Å². The maximum atomic E-state index is 13.4. The molecule has 0 bridgehead atoms. The molecule has 0 heterocycles. The smallest absolute Gasteiger partial charge is 0.333 e. The van der Waals surface area contributed by atoms with Crippen LogP contribution in [0.15, 0.2) is 42.5 Å². The summed E-state index contributed by atoms with van der Waals surface area (Å²) in [4.78, 5) is 63.1. The third-order valence-corrected chi connectivity index (χ3v) is 11.1. The number of aldehydes is 1. The van der Waals surface area contributed by atoms with Gasteiger partial charge in [-0.15, -0.1) is 0 Å². The molecule has 0 unspecified atom stereocenters. The lowest BCUT2D eigenvalue weighted by atomic mass is 9.69. The highest BCUT2D eigenvalue weighted by Crippen LogP contribution is 2.43. The van der Waals surface area contributed by atoms with Gasteiger partial charge in [0.15, 0.2) is 6.29 Å². The van der Waals surface area contributed by atoms with Crippen LogP contribution in [-0.2, 0) is 28.7 Å². The van der Waals surface area contributed by atoms with Gasteiger partial charge in [-0.2, -0.15) is 0 Å². The normalized spacial score (nSPS) is 25.2. The molecule has 3 fully saturated rings. The molecule has 0 aromatic heterocycles. The number of hydrogen-bond acceptors (Lipinski definition) is 9. The van der Waals surface area contributed by atoms with Gasteiger partial charge in [0.25, 0.3) is 0 Å². The van der Waals surface area contributed by atoms with Gasteiger partial charge < -0.3 is 18.9 Å². The van der Waals surface area contributed by atoms with E-state index in [-0.39, 0.29) is 48.3 Å². The van der Waals surface area contributed by atoms with Crippen molar-refractivity contribution in [3.8, 4) is 11.5 Å². The van der Waals surface area contributed by atoms with Crippen LogP contribution >= 0.6 is 0 Å². The van der Waals surface area contributed by atoms with Crippen molar-refractivity contribution in [3.05, 3.63) is 48.0 Å². The Morgan fingerprint density at radius 2 is 1.20 bits per heavy atom. The third-order valence-electron chi connectivity index (χ3n) is 11.1. The molecular weight excluding hydrogens is 636 g/mol. The Balaban J connectivity index is 1.13. The number of rotatable bonds is 13. The summed E-state index contributed by atoms with van der Waals surface area (Å²) in [5, 5.41) is 1.12. The minimum absolute atomic E-state index is 0.141. The zero-order valence-electron chi connectivity index (χ0n) is 29.6. The molecule has 2 aromatic carbocycles. The van der Waals surface area contributed by atoms with Gasteiger partial charge >= 0.3 is 23.9 Å². The topological polar surface area (TPSA) is 122 Å². The monoisotopic (exact) mass is 688 g/mol. The maximum Gasteiger partial charge on any atom is 0.333 e. The van der Waals surface area contributed by atoms with Crippen molar-refractivity contribution < 1.29 is 42.9 Å². The predicted molar refractivity (Wildman–Crippen MR) is 189 cm³/mol. The number of fused-ring (bicyclic) bond motifs is 1. The van der Waals surface area contributed by atoms with Crippen molar-refractivity contribution in [1.82, 2.24) is 0 Å². The van der Waals surface area contributed by atoms with Crippen molar-refractivity contribution in [2.24, 2.45) is 35.5 Å². The van der Waals surface area contributed by atoms with E-state index >= 15 is 0 Å². The SMILES string of the molecule is C=C(C)C(=O)OCCCCOC(=O)C1CCC(C(=O)Oc2c(C=O)cc(OC(=O)C3CCC(C4CCC(C)CC4)CC3)c3ccccc23)CC1. The molecule has 3 aliphatic rings. The molecule has 0 spiro atoms. The first-order chi connectivity index (χ1) is 24.1. The molecule has 9 heteroatoms. The number of unbranched alkanes of at least 4 members (excludes halogenated alkanes) is 1. The Bertz CT molecular complexity index is 1540. The fourth-order valence-corrected chi connectivity index (χ4v) is 7.93. The summed E-state index contributed by atoms with van der Waals surface area (Å²) < 4.78 is 22.4. The average Bonchev–Trinajstić information content (AvgIpc) is 3.14. The molecule has 2 aromatic rings. The molecule has 5 rings (SSSR count). The largest absolute Gasteiger partial charge is 0.465 e.